The molecule has 2 aromatic heterocycles. The smallest absolute Gasteiger partial charge is 0.252 e. The molecule has 0 unspecified atom stereocenters. The summed E-state index contributed by atoms with van der Waals surface area (Å²) >= 11 is 0. The predicted molar refractivity (Wildman–Crippen MR) is 66.1 cm³/mol. The number of anilines is 2. The van der Waals surface area contributed by atoms with Crippen LogP contribution in [0.3, 0.4) is 0 Å². The first-order valence-electron chi connectivity index (χ1n) is 6.01. The lowest BCUT2D eigenvalue weighted by molar-refractivity contribution is -0.0794. The molecule has 0 saturated heterocycles. The van der Waals surface area contributed by atoms with Crippen molar-refractivity contribution < 1.29 is 13.3 Å². The van der Waals surface area contributed by atoms with E-state index in [1.165, 1.54) is 0 Å². The van der Waals surface area contributed by atoms with Crippen molar-refractivity contribution in [2.45, 2.75) is 31.7 Å². The minimum Gasteiger partial charge on any atom is -0.368 e. The first-order chi connectivity index (χ1) is 9.41. The molecule has 3 N–H and O–H groups in total. The second kappa shape index (κ2) is 4.36. The quantitative estimate of drug-likeness (QED) is 0.881. The summed E-state index contributed by atoms with van der Waals surface area (Å²) < 4.78 is 30.5. The Morgan fingerprint density at radius 1 is 1.35 bits per heavy atom. The highest BCUT2D eigenvalue weighted by Crippen LogP contribution is 2.38. The molecular weight excluding hydrogens is 270 g/mol. The molecular formula is C11H12F2N6O. The molecule has 0 bridgehead atoms. The van der Waals surface area contributed by atoms with E-state index in [0.717, 1.165) is 0 Å². The average molecular weight is 282 g/mol. The zero-order chi connectivity index (χ0) is 14.3. The first kappa shape index (κ1) is 12.7. The highest BCUT2D eigenvalue weighted by Gasteiger charge is 2.45. The molecule has 0 atom stereocenters. The topological polar surface area (TPSA) is 103 Å². The third kappa shape index (κ3) is 2.51. The van der Waals surface area contributed by atoms with Gasteiger partial charge in [0.15, 0.2) is 11.5 Å². The fourth-order valence-corrected chi connectivity index (χ4v) is 1.99. The van der Waals surface area contributed by atoms with Crippen LogP contribution >= 0.6 is 0 Å². The normalized spacial score (nSPS) is 17.8. The van der Waals surface area contributed by atoms with Crippen molar-refractivity contribution in [2.75, 3.05) is 11.1 Å². The molecule has 1 fully saturated rings. The third-order valence-corrected chi connectivity index (χ3v) is 2.93. The summed E-state index contributed by atoms with van der Waals surface area (Å²) in [5, 5.41) is 6.58. The number of nitrogens with one attached hydrogen (secondary N) is 1. The van der Waals surface area contributed by atoms with Crippen LogP contribution in [0.15, 0.2) is 10.6 Å². The van der Waals surface area contributed by atoms with Crippen LogP contribution in [0.5, 0.6) is 0 Å². The molecule has 2 heterocycles. The first-order valence-corrected chi connectivity index (χ1v) is 6.01. The molecule has 0 aromatic carbocycles. The lowest BCUT2D eigenvalue weighted by Gasteiger charge is -2.35. The predicted octanol–water partition coefficient (Wildman–Crippen LogP) is 1.63. The maximum Gasteiger partial charge on any atom is 0.252 e. The summed E-state index contributed by atoms with van der Waals surface area (Å²) in [5.74, 6) is -1.62. The fourth-order valence-electron chi connectivity index (χ4n) is 1.99. The number of nitrogen functional groups attached to an aromatic ring is 1. The van der Waals surface area contributed by atoms with Gasteiger partial charge in [0.2, 0.25) is 11.9 Å². The highest BCUT2D eigenvalue weighted by molar-refractivity contribution is 5.52. The molecule has 106 valence electrons. The maximum absolute atomic E-state index is 12.8. The SMILES string of the molecule is Cc1cc(-c2nc(N)nc(NC3CC(F)(F)C3)n2)no1. The summed E-state index contributed by atoms with van der Waals surface area (Å²) in [5.41, 5.74) is 6.00. The average Bonchev–Trinajstić information content (AvgIpc) is 2.73. The molecule has 1 aliphatic rings. The van der Waals surface area contributed by atoms with Gasteiger partial charge in [-0.25, -0.2) is 8.78 Å². The molecule has 2 aromatic rings. The van der Waals surface area contributed by atoms with Crippen molar-refractivity contribution in [2.24, 2.45) is 0 Å². The number of alkyl halides is 2. The van der Waals surface area contributed by atoms with Crippen LogP contribution in [0, 0.1) is 6.92 Å². The molecule has 0 aliphatic heterocycles. The van der Waals surface area contributed by atoms with E-state index in [4.69, 9.17) is 10.3 Å². The zero-order valence-corrected chi connectivity index (χ0v) is 10.6. The molecule has 0 spiro atoms. The van der Waals surface area contributed by atoms with Gasteiger partial charge in [0, 0.05) is 24.9 Å². The lowest BCUT2D eigenvalue weighted by Crippen LogP contribution is -2.44. The minimum absolute atomic E-state index is 0.00997. The Hall–Kier alpha value is -2.32. The van der Waals surface area contributed by atoms with Gasteiger partial charge in [-0.1, -0.05) is 5.16 Å². The van der Waals surface area contributed by atoms with Crippen molar-refractivity contribution >= 4 is 11.9 Å². The van der Waals surface area contributed by atoms with E-state index in [1.54, 1.807) is 13.0 Å². The summed E-state index contributed by atoms with van der Waals surface area (Å²) in [6.45, 7) is 1.73. The van der Waals surface area contributed by atoms with Gasteiger partial charge >= 0.3 is 0 Å². The van der Waals surface area contributed by atoms with E-state index in [9.17, 15) is 8.78 Å². The van der Waals surface area contributed by atoms with Crippen molar-refractivity contribution in [3.8, 4) is 11.5 Å². The van der Waals surface area contributed by atoms with Crippen LogP contribution in [0.1, 0.15) is 18.6 Å². The Kier molecular flexibility index (Phi) is 2.77. The van der Waals surface area contributed by atoms with Gasteiger partial charge in [-0.15, -0.1) is 0 Å². The molecule has 1 aliphatic carbocycles. The second-order valence-corrected chi connectivity index (χ2v) is 4.77. The molecule has 20 heavy (non-hydrogen) atoms. The molecule has 1 saturated carbocycles. The second-order valence-electron chi connectivity index (χ2n) is 4.77. The number of aromatic nitrogens is 4. The van der Waals surface area contributed by atoms with Crippen LogP contribution in [0.25, 0.3) is 11.5 Å². The summed E-state index contributed by atoms with van der Waals surface area (Å²) in [6, 6.07) is 1.29. The third-order valence-electron chi connectivity index (χ3n) is 2.93. The van der Waals surface area contributed by atoms with E-state index in [1.807, 2.05) is 0 Å². The van der Waals surface area contributed by atoms with Crippen LogP contribution < -0.4 is 11.1 Å². The number of hydrogen-bond acceptors (Lipinski definition) is 7. The van der Waals surface area contributed by atoms with Gasteiger partial charge in [0.25, 0.3) is 5.92 Å². The van der Waals surface area contributed by atoms with Gasteiger partial charge in [-0.2, -0.15) is 15.0 Å². The molecule has 3 rings (SSSR count). The Bertz CT molecular complexity index is 636. The van der Waals surface area contributed by atoms with E-state index in [0.29, 0.717) is 11.5 Å². The van der Waals surface area contributed by atoms with Crippen LogP contribution in [-0.4, -0.2) is 32.1 Å². The number of nitrogens with two attached hydrogens (primary N) is 1. The maximum atomic E-state index is 12.8. The summed E-state index contributed by atoms with van der Waals surface area (Å²) in [7, 11) is 0. The number of nitrogens with zero attached hydrogens (tertiary/aromatic N) is 4. The highest BCUT2D eigenvalue weighted by atomic mass is 19.3. The van der Waals surface area contributed by atoms with E-state index in [2.05, 4.69) is 25.4 Å². The van der Waals surface area contributed by atoms with Gasteiger partial charge in [0.1, 0.15) is 5.76 Å². The van der Waals surface area contributed by atoms with Crippen LogP contribution in [0.2, 0.25) is 0 Å². The summed E-state index contributed by atoms with van der Waals surface area (Å²) in [4.78, 5) is 11.9. The molecule has 7 nitrogen and oxygen atoms in total. The Morgan fingerprint density at radius 2 is 2.10 bits per heavy atom. The van der Waals surface area contributed by atoms with E-state index in [-0.39, 0.29) is 36.6 Å². The van der Waals surface area contributed by atoms with Crippen LogP contribution in [0.4, 0.5) is 20.7 Å². The Morgan fingerprint density at radius 3 is 2.70 bits per heavy atom. The fraction of sp³-hybridized carbons (Fsp3) is 0.455. The van der Waals surface area contributed by atoms with Gasteiger partial charge in [-0.05, 0) is 6.92 Å². The Labute approximate surface area is 112 Å². The number of halogens is 2. The van der Waals surface area contributed by atoms with Gasteiger partial charge in [-0.3, -0.25) is 0 Å². The number of aryl methyl sites for hydroxylation is 1. The van der Waals surface area contributed by atoms with Crippen molar-refractivity contribution in [1.29, 1.82) is 0 Å². The standard InChI is InChI=1S/C11H12F2N6O/c1-5-2-7(19-20-5)8-16-9(14)18-10(17-8)15-6-3-11(12,13)4-6/h2,6H,3-4H2,1H3,(H3,14,15,16,17,18). The van der Waals surface area contributed by atoms with Crippen molar-refractivity contribution in [1.82, 2.24) is 20.1 Å². The minimum atomic E-state index is -2.61. The Balaban J connectivity index is 1.80. The molecule has 9 heteroatoms. The summed E-state index contributed by atoms with van der Waals surface area (Å²) in [6.07, 6.45) is -0.478. The lowest BCUT2D eigenvalue weighted by atomic mass is 9.88. The zero-order valence-electron chi connectivity index (χ0n) is 10.6. The van der Waals surface area contributed by atoms with E-state index >= 15 is 0 Å². The molecule has 0 amide bonds. The van der Waals surface area contributed by atoms with Gasteiger partial charge < -0.3 is 15.6 Å². The van der Waals surface area contributed by atoms with Crippen LogP contribution in [-0.2, 0) is 0 Å². The monoisotopic (exact) mass is 282 g/mol. The van der Waals surface area contributed by atoms with Crippen molar-refractivity contribution in [3.63, 3.8) is 0 Å². The largest absolute Gasteiger partial charge is 0.368 e. The number of hydrogen-bond donors (Lipinski definition) is 2. The van der Waals surface area contributed by atoms with E-state index < -0.39 is 5.92 Å². The molecule has 0 radical (unpaired) electrons. The van der Waals surface area contributed by atoms with Crippen molar-refractivity contribution in [3.05, 3.63) is 11.8 Å². The van der Waals surface area contributed by atoms with Gasteiger partial charge in [0.05, 0.1) is 0 Å². The number of rotatable bonds is 3.